The van der Waals surface area contributed by atoms with Crippen LogP contribution >= 0.6 is 11.8 Å². The molecule has 4 rings (SSSR count). The third-order valence-electron chi connectivity index (χ3n) is 5.66. The minimum atomic E-state index is -0.328. The van der Waals surface area contributed by atoms with E-state index in [0.29, 0.717) is 45.2 Å². The van der Waals surface area contributed by atoms with Crippen LogP contribution in [-0.2, 0) is 0 Å². The van der Waals surface area contributed by atoms with E-state index in [1.807, 2.05) is 0 Å². The van der Waals surface area contributed by atoms with Gasteiger partial charge in [-0.15, -0.1) is 11.8 Å². The molecule has 1 spiro atoms. The molecular weight excluding hydrogens is 396 g/mol. The Morgan fingerprint density at radius 3 is 2.97 bits per heavy atom. The molecule has 152 valence electrons. The molecule has 1 amide bonds. The highest BCUT2D eigenvalue weighted by atomic mass is 32.2. The van der Waals surface area contributed by atoms with Gasteiger partial charge < -0.3 is 15.8 Å². The standard InChI is InChI=1S/C23H22N4O2S/c1-29-20-4-2-15(12-24)10-18(20)19-13-26-9-6-17(19)22(28)27-14-30-21(25)5-3-16-11-23(16)7-8-23/h2,4,6,9-10,13,16,21H,7-8,11,14,25H2,1H3,(H,27,28). The topological polar surface area (TPSA) is 101 Å². The SMILES string of the molecule is COc1ccc(C#N)cc1-c1cnccc1C(=O)NCSC(N)C#CC1CC12CC2. The Balaban J connectivity index is 1.42. The highest BCUT2D eigenvalue weighted by Crippen LogP contribution is 2.70. The van der Waals surface area contributed by atoms with Gasteiger partial charge >= 0.3 is 0 Å². The lowest BCUT2D eigenvalue weighted by molar-refractivity contribution is 0.0961. The van der Waals surface area contributed by atoms with Crippen LogP contribution in [0.3, 0.4) is 0 Å². The number of hydrogen-bond donors (Lipinski definition) is 2. The van der Waals surface area contributed by atoms with Crippen molar-refractivity contribution in [1.82, 2.24) is 10.3 Å². The number of nitrogens with one attached hydrogen (secondary N) is 1. The second kappa shape index (κ2) is 8.39. The van der Waals surface area contributed by atoms with Crippen LogP contribution in [0.1, 0.15) is 35.2 Å². The van der Waals surface area contributed by atoms with Gasteiger partial charge in [0.1, 0.15) is 11.1 Å². The first-order valence-electron chi connectivity index (χ1n) is 9.75. The first kappa shape index (κ1) is 20.3. The normalized spacial score (nSPS) is 18.5. The number of thioether (sulfide) groups is 1. The molecule has 2 fully saturated rings. The number of nitriles is 1. The van der Waals surface area contributed by atoms with Crippen LogP contribution in [0.2, 0.25) is 0 Å². The molecule has 0 saturated heterocycles. The zero-order chi connectivity index (χ0) is 21.1. The predicted molar refractivity (Wildman–Crippen MR) is 116 cm³/mol. The maximum atomic E-state index is 12.8. The van der Waals surface area contributed by atoms with Crippen molar-refractivity contribution in [2.45, 2.75) is 24.6 Å². The zero-order valence-electron chi connectivity index (χ0n) is 16.6. The lowest BCUT2D eigenvalue weighted by Gasteiger charge is -2.13. The molecule has 0 aliphatic heterocycles. The largest absolute Gasteiger partial charge is 0.496 e. The fourth-order valence-corrected chi connectivity index (χ4v) is 4.12. The summed E-state index contributed by atoms with van der Waals surface area (Å²) < 4.78 is 5.41. The maximum absolute atomic E-state index is 12.8. The summed E-state index contributed by atoms with van der Waals surface area (Å²) in [5.41, 5.74) is 8.77. The van der Waals surface area contributed by atoms with Gasteiger partial charge in [0.2, 0.25) is 0 Å². The molecule has 2 aliphatic carbocycles. The highest BCUT2D eigenvalue weighted by molar-refractivity contribution is 8.00. The van der Waals surface area contributed by atoms with Crippen molar-refractivity contribution < 1.29 is 9.53 Å². The van der Waals surface area contributed by atoms with Crippen LogP contribution in [0.4, 0.5) is 0 Å². The third kappa shape index (κ3) is 4.28. The van der Waals surface area contributed by atoms with Crippen molar-refractivity contribution in [3.8, 4) is 34.8 Å². The number of carbonyl (C=O) groups is 1. The average molecular weight is 419 g/mol. The Labute approximate surface area is 180 Å². The average Bonchev–Trinajstić information content (AvgIpc) is 3.70. The second-order valence-electron chi connectivity index (χ2n) is 7.59. The molecule has 1 heterocycles. The number of nitrogens with two attached hydrogens (primary N) is 1. The predicted octanol–water partition coefficient (Wildman–Crippen LogP) is 3.14. The van der Waals surface area contributed by atoms with Gasteiger partial charge in [-0.2, -0.15) is 5.26 Å². The molecule has 1 aromatic carbocycles. The van der Waals surface area contributed by atoms with Gasteiger partial charge in [0.25, 0.3) is 5.91 Å². The summed E-state index contributed by atoms with van der Waals surface area (Å²) in [6.45, 7) is 0. The summed E-state index contributed by atoms with van der Waals surface area (Å²) in [5, 5.41) is 11.8. The van der Waals surface area contributed by atoms with Gasteiger partial charge in [-0.3, -0.25) is 9.78 Å². The minimum Gasteiger partial charge on any atom is -0.496 e. The molecule has 2 saturated carbocycles. The Morgan fingerprint density at radius 1 is 1.43 bits per heavy atom. The molecule has 2 aromatic rings. The molecule has 2 atom stereocenters. The van der Waals surface area contributed by atoms with E-state index in [0.717, 1.165) is 0 Å². The maximum Gasteiger partial charge on any atom is 0.252 e. The summed E-state index contributed by atoms with van der Waals surface area (Å²) in [4.78, 5) is 17.0. The van der Waals surface area contributed by atoms with E-state index >= 15 is 0 Å². The molecule has 0 radical (unpaired) electrons. The van der Waals surface area contributed by atoms with E-state index in [4.69, 9.17) is 10.5 Å². The lowest BCUT2D eigenvalue weighted by Crippen LogP contribution is -2.26. The van der Waals surface area contributed by atoms with E-state index in [-0.39, 0.29) is 11.3 Å². The summed E-state index contributed by atoms with van der Waals surface area (Å²) in [5.74, 6) is 7.57. The monoisotopic (exact) mass is 418 g/mol. The van der Waals surface area contributed by atoms with Crippen LogP contribution in [0.25, 0.3) is 11.1 Å². The first-order valence-corrected chi connectivity index (χ1v) is 10.8. The molecule has 0 bridgehead atoms. The van der Waals surface area contributed by atoms with Crippen molar-refractivity contribution in [1.29, 1.82) is 5.26 Å². The van der Waals surface area contributed by atoms with Crippen LogP contribution < -0.4 is 15.8 Å². The number of ether oxygens (including phenoxy) is 1. The Kier molecular flexibility index (Phi) is 5.67. The van der Waals surface area contributed by atoms with Gasteiger partial charge in [-0.05, 0) is 48.9 Å². The van der Waals surface area contributed by atoms with E-state index < -0.39 is 0 Å². The van der Waals surface area contributed by atoms with Gasteiger partial charge in [-0.1, -0.05) is 11.8 Å². The number of rotatable bonds is 6. The van der Waals surface area contributed by atoms with Gasteiger partial charge in [-0.25, -0.2) is 0 Å². The van der Waals surface area contributed by atoms with Crippen LogP contribution in [0, 0.1) is 34.5 Å². The van der Waals surface area contributed by atoms with Crippen molar-refractivity contribution >= 4 is 17.7 Å². The molecule has 1 aromatic heterocycles. The van der Waals surface area contributed by atoms with Crippen LogP contribution in [0.15, 0.2) is 36.7 Å². The van der Waals surface area contributed by atoms with Gasteiger partial charge in [0, 0.05) is 29.4 Å². The molecule has 2 unspecified atom stereocenters. The van der Waals surface area contributed by atoms with E-state index in [2.05, 4.69) is 28.2 Å². The smallest absolute Gasteiger partial charge is 0.252 e. The third-order valence-corrected chi connectivity index (χ3v) is 6.45. The fourth-order valence-electron chi connectivity index (χ4n) is 3.58. The van der Waals surface area contributed by atoms with E-state index in [1.165, 1.54) is 31.0 Å². The number of pyridine rings is 1. The first-order chi connectivity index (χ1) is 14.6. The molecule has 7 heteroatoms. The van der Waals surface area contributed by atoms with Gasteiger partial charge in [0.15, 0.2) is 0 Å². The van der Waals surface area contributed by atoms with Crippen molar-refractivity contribution in [2.75, 3.05) is 13.0 Å². The minimum absolute atomic E-state index is 0.247. The van der Waals surface area contributed by atoms with E-state index in [9.17, 15) is 10.1 Å². The molecular formula is C23H22N4O2S. The molecule has 2 aliphatic rings. The number of methoxy groups -OCH3 is 1. The Morgan fingerprint density at radius 2 is 2.27 bits per heavy atom. The zero-order valence-corrected chi connectivity index (χ0v) is 17.5. The molecule has 6 nitrogen and oxygen atoms in total. The lowest BCUT2D eigenvalue weighted by atomic mass is 9.99. The summed E-state index contributed by atoms with van der Waals surface area (Å²) in [6.07, 6.45) is 6.99. The van der Waals surface area contributed by atoms with Gasteiger partial charge in [0.05, 0.1) is 30.2 Å². The van der Waals surface area contributed by atoms with Crippen molar-refractivity contribution in [3.63, 3.8) is 0 Å². The highest BCUT2D eigenvalue weighted by Gasteiger charge is 2.62. The van der Waals surface area contributed by atoms with Crippen LogP contribution in [0.5, 0.6) is 5.75 Å². The number of hydrogen-bond acceptors (Lipinski definition) is 6. The van der Waals surface area contributed by atoms with Crippen LogP contribution in [-0.4, -0.2) is 29.3 Å². The quantitative estimate of drug-likeness (QED) is 0.552. The van der Waals surface area contributed by atoms with Crippen molar-refractivity contribution in [3.05, 3.63) is 47.8 Å². The summed E-state index contributed by atoms with van der Waals surface area (Å²) in [7, 11) is 1.55. The van der Waals surface area contributed by atoms with E-state index in [1.54, 1.807) is 43.8 Å². The number of nitrogens with zero attached hydrogens (tertiary/aromatic N) is 2. The molecule has 30 heavy (non-hydrogen) atoms. The number of amides is 1. The number of benzene rings is 1. The summed E-state index contributed by atoms with van der Waals surface area (Å²) >= 11 is 1.39. The number of carbonyl (C=O) groups excluding carboxylic acids is 1. The van der Waals surface area contributed by atoms with Crippen molar-refractivity contribution in [2.24, 2.45) is 17.1 Å². The number of aromatic nitrogens is 1. The fraction of sp³-hybridized carbons (Fsp3) is 0.348. The Bertz CT molecular complexity index is 1080. The summed E-state index contributed by atoms with van der Waals surface area (Å²) in [6, 6.07) is 8.83. The molecule has 3 N–H and O–H groups in total. The Hall–Kier alpha value is -3.00. The second-order valence-corrected chi connectivity index (χ2v) is 8.72.